The van der Waals surface area contributed by atoms with Gasteiger partial charge in [-0.1, -0.05) is 11.6 Å². The molecule has 0 bridgehead atoms. The summed E-state index contributed by atoms with van der Waals surface area (Å²) in [6.07, 6.45) is 1.51. The van der Waals surface area contributed by atoms with Crippen molar-refractivity contribution in [3.05, 3.63) is 45.2 Å². The highest BCUT2D eigenvalue weighted by molar-refractivity contribution is 7.16. The largest absolute Gasteiger partial charge is 0.478 e. The fraction of sp³-hybridized carbons (Fsp3) is 0.286. The van der Waals surface area contributed by atoms with Crippen LogP contribution in [0.2, 0.25) is 4.34 Å². The smallest absolute Gasteiger partial charge is 0.253 e. The van der Waals surface area contributed by atoms with E-state index in [0.29, 0.717) is 22.4 Å². The summed E-state index contributed by atoms with van der Waals surface area (Å²) in [6, 6.07) is 7.02. The van der Waals surface area contributed by atoms with E-state index >= 15 is 0 Å². The zero-order valence-corrected chi connectivity index (χ0v) is 12.8. The lowest BCUT2D eigenvalue weighted by atomic mass is 10.2. The van der Waals surface area contributed by atoms with Crippen LogP contribution < -0.4 is 10.1 Å². The minimum absolute atomic E-state index is 0.0911. The summed E-state index contributed by atoms with van der Waals surface area (Å²) in [6.45, 7) is 4.35. The lowest BCUT2D eigenvalue weighted by molar-refractivity contribution is 0.0940. The molecule has 2 heterocycles. The highest BCUT2D eigenvalue weighted by Crippen LogP contribution is 2.26. The summed E-state index contributed by atoms with van der Waals surface area (Å²) < 4.78 is 5.95. The average Bonchev–Trinajstić information content (AvgIpc) is 2.86. The molecule has 1 atom stereocenters. The van der Waals surface area contributed by atoms with Crippen LogP contribution in [-0.2, 0) is 0 Å². The Morgan fingerprint density at radius 1 is 1.45 bits per heavy atom. The third-order valence-corrected chi connectivity index (χ3v) is 4.07. The van der Waals surface area contributed by atoms with Gasteiger partial charge in [0.15, 0.2) is 0 Å². The molecule has 20 heavy (non-hydrogen) atoms. The molecule has 1 unspecified atom stereocenters. The van der Waals surface area contributed by atoms with Gasteiger partial charge in [-0.15, -0.1) is 11.3 Å². The SMILES string of the molecule is CCOc1ccc(C(=O)NC(C)c2ccc(Cl)s2)cn1. The zero-order valence-electron chi connectivity index (χ0n) is 11.2. The van der Waals surface area contributed by atoms with E-state index in [2.05, 4.69) is 10.3 Å². The number of carbonyl (C=O) groups is 1. The Morgan fingerprint density at radius 3 is 2.80 bits per heavy atom. The quantitative estimate of drug-likeness (QED) is 0.916. The Balaban J connectivity index is 2.00. The molecule has 1 N–H and O–H groups in total. The van der Waals surface area contributed by atoms with Gasteiger partial charge in [0.2, 0.25) is 5.88 Å². The fourth-order valence-electron chi connectivity index (χ4n) is 1.66. The molecule has 0 aromatic carbocycles. The van der Waals surface area contributed by atoms with Crippen molar-refractivity contribution in [2.24, 2.45) is 0 Å². The first-order chi connectivity index (χ1) is 9.60. The van der Waals surface area contributed by atoms with Gasteiger partial charge in [-0.25, -0.2) is 4.98 Å². The number of hydrogen-bond donors (Lipinski definition) is 1. The van der Waals surface area contributed by atoms with Gasteiger partial charge in [-0.3, -0.25) is 4.79 Å². The van der Waals surface area contributed by atoms with Crippen LogP contribution in [0.15, 0.2) is 30.5 Å². The second-order valence-electron chi connectivity index (χ2n) is 4.16. The molecule has 106 valence electrons. The maximum atomic E-state index is 12.1. The summed E-state index contributed by atoms with van der Waals surface area (Å²) >= 11 is 7.34. The second-order valence-corrected chi connectivity index (χ2v) is 5.90. The van der Waals surface area contributed by atoms with Gasteiger partial charge in [0.05, 0.1) is 22.5 Å². The van der Waals surface area contributed by atoms with Crippen LogP contribution in [0.4, 0.5) is 0 Å². The van der Waals surface area contributed by atoms with Crippen LogP contribution in [0.3, 0.4) is 0 Å². The third kappa shape index (κ3) is 3.71. The molecule has 1 amide bonds. The van der Waals surface area contributed by atoms with Crippen molar-refractivity contribution in [2.75, 3.05) is 6.61 Å². The predicted molar refractivity (Wildman–Crippen MR) is 80.6 cm³/mol. The molecular formula is C14H15ClN2O2S. The van der Waals surface area contributed by atoms with Gasteiger partial charge < -0.3 is 10.1 Å². The Morgan fingerprint density at radius 2 is 2.25 bits per heavy atom. The Hall–Kier alpha value is -1.59. The molecule has 0 saturated carbocycles. The monoisotopic (exact) mass is 310 g/mol. The van der Waals surface area contributed by atoms with Crippen LogP contribution >= 0.6 is 22.9 Å². The number of rotatable bonds is 5. The van der Waals surface area contributed by atoms with Crippen molar-refractivity contribution in [1.29, 1.82) is 0 Å². The Bertz CT molecular complexity index is 583. The van der Waals surface area contributed by atoms with Gasteiger partial charge in [0.1, 0.15) is 0 Å². The fourth-order valence-corrected chi connectivity index (χ4v) is 2.72. The van der Waals surface area contributed by atoms with E-state index in [1.54, 1.807) is 12.1 Å². The second kappa shape index (κ2) is 6.72. The molecule has 2 rings (SSSR count). The zero-order chi connectivity index (χ0) is 14.5. The molecule has 0 spiro atoms. The van der Waals surface area contributed by atoms with Crippen molar-refractivity contribution in [3.63, 3.8) is 0 Å². The van der Waals surface area contributed by atoms with Crippen LogP contribution in [-0.4, -0.2) is 17.5 Å². The summed E-state index contributed by atoms with van der Waals surface area (Å²) in [7, 11) is 0. The topological polar surface area (TPSA) is 51.2 Å². The van der Waals surface area contributed by atoms with Crippen molar-refractivity contribution in [3.8, 4) is 5.88 Å². The summed E-state index contributed by atoms with van der Waals surface area (Å²) in [5.41, 5.74) is 0.503. The summed E-state index contributed by atoms with van der Waals surface area (Å²) in [5, 5.41) is 2.91. The maximum absolute atomic E-state index is 12.1. The van der Waals surface area contributed by atoms with E-state index < -0.39 is 0 Å². The first-order valence-electron chi connectivity index (χ1n) is 6.25. The standard InChI is InChI=1S/C14H15ClN2O2S/c1-3-19-13-7-4-10(8-16-13)14(18)17-9(2)11-5-6-12(15)20-11/h4-9H,3H2,1-2H3,(H,17,18). The molecule has 0 fully saturated rings. The molecule has 0 aliphatic rings. The molecule has 0 saturated heterocycles. The molecule has 6 heteroatoms. The van der Waals surface area contributed by atoms with Crippen LogP contribution in [0, 0.1) is 0 Å². The highest BCUT2D eigenvalue weighted by atomic mass is 35.5. The summed E-state index contributed by atoms with van der Waals surface area (Å²) in [4.78, 5) is 17.2. The Labute approximate surface area is 126 Å². The van der Waals surface area contributed by atoms with Crippen LogP contribution in [0.5, 0.6) is 5.88 Å². The number of amides is 1. The minimum atomic E-state index is -0.169. The predicted octanol–water partition coefficient (Wildman–Crippen LogP) is 3.69. The number of nitrogens with one attached hydrogen (secondary N) is 1. The number of ether oxygens (including phenoxy) is 1. The normalized spacial score (nSPS) is 11.9. The van der Waals surface area contributed by atoms with Gasteiger partial charge in [0, 0.05) is 17.1 Å². The first kappa shape index (κ1) is 14.8. The van der Waals surface area contributed by atoms with Gasteiger partial charge in [-0.2, -0.15) is 0 Å². The van der Waals surface area contributed by atoms with E-state index in [9.17, 15) is 4.79 Å². The van der Waals surface area contributed by atoms with Crippen LogP contribution in [0.25, 0.3) is 0 Å². The van der Waals surface area contributed by atoms with Gasteiger partial charge in [-0.05, 0) is 32.0 Å². The van der Waals surface area contributed by atoms with Gasteiger partial charge >= 0.3 is 0 Å². The number of thiophene rings is 1. The first-order valence-corrected chi connectivity index (χ1v) is 7.44. The molecule has 0 radical (unpaired) electrons. The molecule has 2 aromatic rings. The van der Waals surface area contributed by atoms with Crippen molar-refractivity contribution >= 4 is 28.8 Å². The third-order valence-electron chi connectivity index (χ3n) is 2.66. The molecule has 2 aromatic heterocycles. The summed E-state index contributed by atoms with van der Waals surface area (Å²) in [5.74, 6) is 0.347. The number of halogens is 1. The van der Waals surface area contributed by atoms with Gasteiger partial charge in [0.25, 0.3) is 5.91 Å². The van der Waals surface area contributed by atoms with E-state index in [4.69, 9.17) is 16.3 Å². The number of pyridine rings is 1. The molecule has 0 aliphatic carbocycles. The maximum Gasteiger partial charge on any atom is 0.253 e. The van der Waals surface area contributed by atoms with Crippen molar-refractivity contribution in [1.82, 2.24) is 10.3 Å². The van der Waals surface area contributed by atoms with E-state index in [-0.39, 0.29) is 11.9 Å². The van der Waals surface area contributed by atoms with Crippen LogP contribution in [0.1, 0.15) is 35.1 Å². The Kier molecular flexibility index (Phi) is 4.98. The van der Waals surface area contributed by atoms with Crippen molar-refractivity contribution < 1.29 is 9.53 Å². The molecule has 4 nitrogen and oxygen atoms in total. The molecule has 0 aliphatic heterocycles. The number of carbonyl (C=O) groups excluding carboxylic acids is 1. The molecular weight excluding hydrogens is 296 g/mol. The minimum Gasteiger partial charge on any atom is -0.478 e. The number of nitrogens with zero attached hydrogens (tertiary/aromatic N) is 1. The number of aromatic nitrogens is 1. The van der Waals surface area contributed by atoms with E-state index in [1.807, 2.05) is 26.0 Å². The lowest BCUT2D eigenvalue weighted by Crippen LogP contribution is -2.26. The highest BCUT2D eigenvalue weighted by Gasteiger charge is 2.13. The number of hydrogen-bond acceptors (Lipinski definition) is 4. The lowest BCUT2D eigenvalue weighted by Gasteiger charge is -2.12. The average molecular weight is 311 g/mol. The van der Waals surface area contributed by atoms with Crippen molar-refractivity contribution in [2.45, 2.75) is 19.9 Å². The van der Waals surface area contributed by atoms with E-state index in [1.165, 1.54) is 17.5 Å². The van der Waals surface area contributed by atoms with E-state index in [0.717, 1.165) is 4.88 Å².